The molecule has 0 aliphatic carbocycles. The summed E-state index contributed by atoms with van der Waals surface area (Å²) in [7, 11) is -3.83. The minimum absolute atomic E-state index is 0.224. The summed E-state index contributed by atoms with van der Waals surface area (Å²) in [4.78, 5) is 11.5. The molecule has 1 heterocycles. The first-order valence-electron chi connectivity index (χ1n) is 7.53. The molecule has 0 bridgehead atoms. The van der Waals surface area contributed by atoms with Crippen molar-refractivity contribution in [1.82, 2.24) is 4.31 Å². The summed E-state index contributed by atoms with van der Waals surface area (Å²) >= 11 is 0. The van der Waals surface area contributed by atoms with Crippen LogP contribution in [0.4, 0.5) is 5.69 Å². The van der Waals surface area contributed by atoms with Gasteiger partial charge in [0.05, 0.1) is 37.6 Å². The van der Waals surface area contributed by atoms with Crippen molar-refractivity contribution in [3.8, 4) is 0 Å². The third-order valence-electron chi connectivity index (χ3n) is 3.91. The smallest absolute Gasteiger partial charge is 0.289 e. The maximum absolute atomic E-state index is 12.7. The first-order chi connectivity index (χ1) is 10.8. The molecule has 0 unspecified atom stereocenters. The van der Waals surface area contributed by atoms with Gasteiger partial charge in [0.1, 0.15) is 0 Å². The molecule has 8 heteroatoms. The van der Waals surface area contributed by atoms with Crippen molar-refractivity contribution >= 4 is 15.7 Å². The Labute approximate surface area is 136 Å². The van der Waals surface area contributed by atoms with Crippen LogP contribution in [-0.4, -0.2) is 50.4 Å². The van der Waals surface area contributed by atoms with Crippen LogP contribution in [0.15, 0.2) is 40.8 Å². The van der Waals surface area contributed by atoms with Crippen LogP contribution >= 0.6 is 0 Å². The molecule has 7 nitrogen and oxygen atoms in total. The highest BCUT2D eigenvalue weighted by Gasteiger charge is 2.34. The van der Waals surface area contributed by atoms with Crippen molar-refractivity contribution in [2.75, 3.05) is 32.7 Å². The molecule has 1 aliphatic heterocycles. The molecule has 2 rings (SSSR count). The topological polar surface area (TPSA) is 85.0 Å². The second kappa shape index (κ2) is 7.20. The second-order valence-corrected chi connectivity index (χ2v) is 7.77. The number of hydrogen-bond acceptors (Lipinski definition) is 4. The van der Waals surface area contributed by atoms with Gasteiger partial charge in [-0.3, -0.25) is 10.1 Å². The van der Waals surface area contributed by atoms with Gasteiger partial charge in [0.2, 0.25) is 10.0 Å². The molecule has 1 saturated heterocycles. The molecule has 1 aromatic carbocycles. The summed E-state index contributed by atoms with van der Waals surface area (Å²) in [6.45, 7) is 7.10. The van der Waals surface area contributed by atoms with E-state index in [1.807, 2.05) is 13.8 Å². The molecule has 126 valence electrons. The van der Waals surface area contributed by atoms with Crippen molar-refractivity contribution in [2.24, 2.45) is 0 Å². The Balaban J connectivity index is 2.14. The number of rotatable bonds is 5. The zero-order valence-corrected chi connectivity index (χ0v) is 14.2. The normalized spacial score (nSPS) is 17.0. The third-order valence-corrected chi connectivity index (χ3v) is 5.85. The molecule has 0 atom stereocenters. The highest BCUT2D eigenvalue weighted by molar-refractivity contribution is 7.89. The largest absolute Gasteiger partial charge is 0.329 e. The van der Waals surface area contributed by atoms with Crippen LogP contribution in [0.3, 0.4) is 0 Å². The van der Waals surface area contributed by atoms with Crippen molar-refractivity contribution < 1.29 is 18.2 Å². The van der Waals surface area contributed by atoms with Gasteiger partial charge in [-0.05, 0) is 26.0 Å². The van der Waals surface area contributed by atoms with Gasteiger partial charge in [-0.1, -0.05) is 17.7 Å². The molecule has 1 aromatic rings. The molecular weight excluding hydrogens is 318 g/mol. The number of quaternary nitrogens is 1. The van der Waals surface area contributed by atoms with E-state index in [0.717, 1.165) is 6.54 Å². The molecule has 0 amide bonds. The van der Waals surface area contributed by atoms with E-state index in [2.05, 4.69) is 6.08 Å². The average molecular weight is 340 g/mol. The lowest BCUT2D eigenvalue weighted by molar-refractivity contribution is -0.897. The van der Waals surface area contributed by atoms with Gasteiger partial charge in [0.15, 0.2) is 4.90 Å². The third kappa shape index (κ3) is 4.15. The molecule has 23 heavy (non-hydrogen) atoms. The number of para-hydroxylation sites is 1. The van der Waals surface area contributed by atoms with E-state index >= 15 is 0 Å². The summed E-state index contributed by atoms with van der Waals surface area (Å²) in [5.74, 6) is 0. The van der Waals surface area contributed by atoms with Gasteiger partial charge in [0.25, 0.3) is 5.69 Å². The van der Waals surface area contributed by atoms with E-state index in [0.29, 0.717) is 26.2 Å². The molecule has 1 N–H and O–H groups in total. The number of hydrogen-bond donors (Lipinski definition) is 1. The Morgan fingerprint density at radius 1 is 1.30 bits per heavy atom. The van der Waals surface area contributed by atoms with Crippen LogP contribution in [0, 0.1) is 10.1 Å². The molecule has 0 spiro atoms. The first kappa shape index (κ1) is 17.6. The van der Waals surface area contributed by atoms with Crippen LogP contribution in [0.5, 0.6) is 0 Å². The van der Waals surface area contributed by atoms with E-state index in [1.54, 1.807) is 0 Å². The highest BCUT2D eigenvalue weighted by Crippen LogP contribution is 2.26. The monoisotopic (exact) mass is 340 g/mol. The lowest BCUT2D eigenvalue weighted by Gasteiger charge is -2.30. The summed E-state index contributed by atoms with van der Waals surface area (Å²) < 4.78 is 26.7. The molecule has 0 radical (unpaired) electrons. The van der Waals surface area contributed by atoms with Gasteiger partial charge >= 0.3 is 0 Å². The van der Waals surface area contributed by atoms with E-state index in [4.69, 9.17) is 0 Å². The first-order valence-corrected chi connectivity index (χ1v) is 8.97. The predicted molar refractivity (Wildman–Crippen MR) is 86.8 cm³/mol. The van der Waals surface area contributed by atoms with Crippen LogP contribution in [0.2, 0.25) is 0 Å². The number of allylic oxidation sites excluding steroid dienone is 1. The number of benzene rings is 1. The van der Waals surface area contributed by atoms with Crippen molar-refractivity contribution in [3.63, 3.8) is 0 Å². The molecule has 0 saturated carbocycles. The van der Waals surface area contributed by atoms with Crippen LogP contribution < -0.4 is 4.90 Å². The molecule has 0 aromatic heterocycles. The van der Waals surface area contributed by atoms with E-state index in [9.17, 15) is 18.5 Å². The van der Waals surface area contributed by atoms with Gasteiger partial charge in [-0.15, -0.1) is 0 Å². The van der Waals surface area contributed by atoms with Crippen LogP contribution in [0.25, 0.3) is 0 Å². The zero-order chi connectivity index (χ0) is 17.0. The van der Waals surface area contributed by atoms with Crippen molar-refractivity contribution in [2.45, 2.75) is 18.7 Å². The fraction of sp³-hybridized carbons (Fsp3) is 0.467. The highest BCUT2D eigenvalue weighted by atomic mass is 32.2. The summed E-state index contributed by atoms with van der Waals surface area (Å²) in [5, 5.41) is 11.1. The minimum atomic E-state index is -3.83. The number of nitrogens with zero attached hydrogens (tertiary/aromatic N) is 2. The maximum atomic E-state index is 12.7. The zero-order valence-electron chi connectivity index (χ0n) is 13.4. The van der Waals surface area contributed by atoms with Gasteiger partial charge in [-0.25, -0.2) is 8.42 Å². The SMILES string of the molecule is CC(C)=CC[NH+]1CCN(S(=O)(=O)c2ccccc2[N+](=O)[O-])CC1. The van der Waals surface area contributed by atoms with Crippen molar-refractivity contribution in [1.29, 1.82) is 0 Å². The summed E-state index contributed by atoms with van der Waals surface area (Å²) in [6, 6.07) is 5.51. The Bertz CT molecular complexity index is 703. The lowest BCUT2D eigenvalue weighted by atomic mass is 10.3. The Morgan fingerprint density at radius 2 is 1.91 bits per heavy atom. The van der Waals surface area contributed by atoms with Crippen molar-refractivity contribution in [3.05, 3.63) is 46.0 Å². The Kier molecular flexibility index (Phi) is 5.51. The predicted octanol–water partition coefficient (Wildman–Crippen LogP) is 0.450. The Morgan fingerprint density at radius 3 is 2.48 bits per heavy atom. The fourth-order valence-electron chi connectivity index (χ4n) is 2.56. The van der Waals surface area contributed by atoms with Gasteiger partial charge < -0.3 is 4.90 Å². The standard InChI is InChI=1S/C15H21N3O4S/c1-13(2)7-8-16-9-11-17(12-10-16)23(21,22)15-6-4-3-5-14(15)18(19)20/h3-7H,8-12H2,1-2H3/p+1. The van der Waals surface area contributed by atoms with Gasteiger partial charge in [-0.2, -0.15) is 4.31 Å². The van der Waals surface area contributed by atoms with E-state index in [-0.39, 0.29) is 10.6 Å². The number of nitro benzene ring substituents is 1. The Hall–Kier alpha value is -1.77. The fourth-order valence-corrected chi connectivity index (χ4v) is 4.16. The van der Waals surface area contributed by atoms with Crippen LogP contribution in [0.1, 0.15) is 13.8 Å². The molecular formula is C15H22N3O4S+. The second-order valence-electron chi connectivity index (χ2n) is 5.86. The van der Waals surface area contributed by atoms with Gasteiger partial charge in [0, 0.05) is 6.07 Å². The summed E-state index contributed by atoms with van der Waals surface area (Å²) in [5.41, 5.74) is 0.874. The average Bonchev–Trinajstić information content (AvgIpc) is 2.53. The van der Waals surface area contributed by atoms with Crippen LogP contribution in [-0.2, 0) is 10.0 Å². The summed E-state index contributed by atoms with van der Waals surface area (Å²) in [6.07, 6.45) is 2.14. The number of nitro groups is 1. The molecule has 1 fully saturated rings. The number of nitrogens with one attached hydrogen (secondary N) is 1. The number of piperazine rings is 1. The molecule has 1 aliphatic rings. The van der Waals surface area contributed by atoms with E-state index in [1.165, 1.54) is 39.0 Å². The van der Waals surface area contributed by atoms with E-state index < -0.39 is 14.9 Å². The number of sulfonamides is 1. The minimum Gasteiger partial charge on any atom is -0.329 e. The lowest BCUT2D eigenvalue weighted by Crippen LogP contribution is -3.14. The quantitative estimate of drug-likeness (QED) is 0.479. The maximum Gasteiger partial charge on any atom is 0.289 e.